The van der Waals surface area contributed by atoms with Gasteiger partial charge in [0, 0.05) is 30.4 Å². The average molecular weight is 368 g/mol. The zero-order chi connectivity index (χ0) is 19.0. The summed E-state index contributed by atoms with van der Waals surface area (Å²) >= 11 is 0. The maximum Gasteiger partial charge on any atom is 0.261 e. The number of carbonyl (C=O) groups is 1. The molecule has 2 N–H and O–H groups in total. The molecule has 1 heterocycles. The highest BCUT2D eigenvalue weighted by atomic mass is 16.5. The van der Waals surface area contributed by atoms with E-state index < -0.39 is 6.23 Å². The van der Waals surface area contributed by atoms with E-state index in [1.807, 2.05) is 18.2 Å². The summed E-state index contributed by atoms with van der Waals surface area (Å²) in [6.07, 6.45) is 4.03. The molecule has 0 bridgehead atoms. The summed E-state index contributed by atoms with van der Waals surface area (Å²) in [7, 11) is 3.17. The Balaban J connectivity index is 1.75. The van der Waals surface area contributed by atoms with Crippen LogP contribution in [-0.4, -0.2) is 26.2 Å². The molecule has 1 atom stereocenters. The van der Waals surface area contributed by atoms with Crippen LogP contribution in [0.3, 0.4) is 0 Å². The minimum absolute atomic E-state index is 0.138. The summed E-state index contributed by atoms with van der Waals surface area (Å²) in [5.41, 5.74) is 8.74. The number of benzene rings is 2. The van der Waals surface area contributed by atoms with Crippen molar-refractivity contribution < 1.29 is 19.0 Å². The smallest absolute Gasteiger partial charge is 0.261 e. The number of ether oxygens (including phenoxy) is 3. The zero-order valence-corrected chi connectivity index (χ0v) is 15.6. The second-order valence-electron chi connectivity index (χ2n) is 6.94. The molecule has 1 unspecified atom stereocenters. The number of amides is 1. The Kier molecular flexibility index (Phi) is 4.66. The Morgan fingerprint density at radius 1 is 1.07 bits per heavy atom. The molecule has 27 heavy (non-hydrogen) atoms. The Morgan fingerprint density at radius 2 is 1.81 bits per heavy atom. The first-order valence-electron chi connectivity index (χ1n) is 9.23. The lowest BCUT2D eigenvalue weighted by Crippen LogP contribution is -2.29. The minimum atomic E-state index is -0.524. The lowest BCUT2D eigenvalue weighted by Gasteiger charge is -2.27. The van der Waals surface area contributed by atoms with Crippen molar-refractivity contribution in [2.75, 3.05) is 24.9 Å². The molecular formula is C21H24N2O4. The predicted octanol–water partition coefficient (Wildman–Crippen LogP) is 3.90. The van der Waals surface area contributed by atoms with E-state index in [9.17, 15) is 4.79 Å². The number of rotatable bonds is 5. The van der Waals surface area contributed by atoms with Gasteiger partial charge in [0.15, 0.2) is 17.7 Å². The van der Waals surface area contributed by atoms with Crippen LogP contribution in [0.5, 0.6) is 11.5 Å². The number of nitrogens with two attached hydrogens (primary N) is 1. The first-order chi connectivity index (χ1) is 13.1. The van der Waals surface area contributed by atoms with Gasteiger partial charge in [-0.25, -0.2) is 0 Å². The molecule has 1 aliphatic heterocycles. The highest BCUT2D eigenvalue weighted by Crippen LogP contribution is 2.44. The monoisotopic (exact) mass is 368 g/mol. The van der Waals surface area contributed by atoms with E-state index in [2.05, 4.69) is 0 Å². The first-order valence-corrected chi connectivity index (χ1v) is 9.23. The Labute approximate surface area is 158 Å². The molecule has 1 saturated carbocycles. The number of anilines is 2. The van der Waals surface area contributed by atoms with E-state index in [-0.39, 0.29) is 12.0 Å². The Hall–Kier alpha value is -2.73. The third kappa shape index (κ3) is 3.00. The van der Waals surface area contributed by atoms with E-state index in [0.717, 1.165) is 18.4 Å². The van der Waals surface area contributed by atoms with Crippen molar-refractivity contribution in [3.05, 3.63) is 47.5 Å². The number of nitrogens with zero attached hydrogens (tertiary/aromatic N) is 1. The summed E-state index contributed by atoms with van der Waals surface area (Å²) in [6.45, 7) is 0. The predicted molar refractivity (Wildman–Crippen MR) is 103 cm³/mol. The van der Waals surface area contributed by atoms with Crippen LogP contribution in [0, 0.1) is 0 Å². The molecule has 0 saturated heterocycles. The third-order valence-electron chi connectivity index (χ3n) is 5.30. The van der Waals surface area contributed by atoms with Gasteiger partial charge >= 0.3 is 0 Å². The lowest BCUT2D eigenvalue weighted by molar-refractivity contribution is 0.0823. The van der Waals surface area contributed by atoms with Gasteiger partial charge in [-0.2, -0.15) is 0 Å². The quantitative estimate of drug-likeness (QED) is 0.810. The van der Waals surface area contributed by atoms with E-state index in [1.54, 1.807) is 37.3 Å². The fourth-order valence-corrected chi connectivity index (χ4v) is 3.96. The fourth-order valence-electron chi connectivity index (χ4n) is 3.96. The normalized spacial score (nSPS) is 19.4. The highest BCUT2D eigenvalue weighted by molar-refractivity contribution is 6.12. The molecule has 1 aliphatic carbocycles. The molecule has 0 spiro atoms. The summed E-state index contributed by atoms with van der Waals surface area (Å²) in [6, 6.07) is 11.0. The largest absolute Gasteiger partial charge is 0.493 e. The lowest BCUT2D eigenvalue weighted by atomic mass is 10.1. The fraction of sp³-hybridized carbons (Fsp3) is 0.381. The molecule has 1 amide bonds. The van der Waals surface area contributed by atoms with Gasteiger partial charge in [-0.3, -0.25) is 9.69 Å². The number of fused-ring (bicyclic) bond motifs is 1. The molecule has 6 nitrogen and oxygen atoms in total. The second-order valence-corrected chi connectivity index (χ2v) is 6.94. The molecule has 0 radical (unpaired) electrons. The molecule has 2 aromatic rings. The van der Waals surface area contributed by atoms with Crippen molar-refractivity contribution >= 4 is 17.3 Å². The highest BCUT2D eigenvalue weighted by Gasteiger charge is 2.39. The maximum atomic E-state index is 13.0. The number of hydrogen-bond acceptors (Lipinski definition) is 5. The van der Waals surface area contributed by atoms with E-state index in [1.165, 1.54) is 12.8 Å². The molecule has 1 fully saturated rings. The Morgan fingerprint density at radius 3 is 2.52 bits per heavy atom. The maximum absolute atomic E-state index is 13.0. The van der Waals surface area contributed by atoms with Gasteiger partial charge in [0.1, 0.15) is 0 Å². The van der Waals surface area contributed by atoms with Crippen LogP contribution >= 0.6 is 0 Å². The topological polar surface area (TPSA) is 74.0 Å². The van der Waals surface area contributed by atoms with Crippen LogP contribution in [-0.2, 0) is 4.74 Å². The van der Waals surface area contributed by atoms with Gasteiger partial charge in [-0.15, -0.1) is 0 Å². The van der Waals surface area contributed by atoms with Crippen molar-refractivity contribution in [2.24, 2.45) is 0 Å². The van der Waals surface area contributed by atoms with Gasteiger partial charge < -0.3 is 19.9 Å². The molecular weight excluding hydrogens is 344 g/mol. The van der Waals surface area contributed by atoms with Crippen LogP contribution in [0.4, 0.5) is 11.4 Å². The average Bonchev–Trinajstić information content (AvgIpc) is 3.29. The van der Waals surface area contributed by atoms with E-state index in [0.29, 0.717) is 28.4 Å². The SMILES string of the molecule is COc1cc(N)c(N2C(=O)c3ccccc3C2OC)cc1OC1CCCC1. The van der Waals surface area contributed by atoms with Gasteiger partial charge in [0.25, 0.3) is 5.91 Å². The molecule has 2 aliphatic rings. The van der Waals surface area contributed by atoms with Crippen LogP contribution in [0.25, 0.3) is 0 Å². The molecule has 0 aromatic heterocycles. The number of carbonyl (C=O) groups excluding carboxylic acids is 1. The molecule has 4 rings (SSSR count). The minimum Gasteiger partial charge on any atom is -0.493 e. The van der Waals surface area contributed by atoms with Crippen molar-refractivity contribution in [2.45, 2.75) is 38.0 Å². The van der Waals surface area contributed by atoms with Crippen LogP contribution in [0.15, 0.2) is 36.4 Å². The van der Waals surface area contributed by atoms with E-state index in [4.69, 9.17) is 19.9 Å². The first kappa shape index (κ1) is 17.7. The zero-order valence-electron chi connectivity index (χ0n) is 15.6. The van der Waals surface area contributed by atoms with Crippen LogP contribution < -0.4 is 20.1 Å². The Bertz CT molecular complexity index is 861. The number of nitrogen functional groups attached to an aromatic ring is 1. The molecule has 142 valence electrons. The van der Waals surface area contributed by atoms with Crippen molar-refractivity contribution in [3.63, 3.8) is 0 Å². The van der Waals surface area contributed by atoms with Crippen molar-refractivity contribution in [1.29, 1.82) is 0 Å². The summed E-state index contributed by atoms with van der Waals surface area (Å²) < 4.78 is 17.3. The van der Waals surface area contributed by atoms with Crippen LogP contribution in [0.1, 0.15) is 47.8 Å². The molecule has 6 heteroatoms. The van der Waals surface area contributed by atoms with Crippen LogP contribution in [0.2, 0.25) is 0 Å². The van der Waals surface area contributed by atoms with E-state index >= 15 is 0 Å². The summed E-state index contributed by atoms with van der Waals surface area (Å²) in [5.74, 6) is 1.04. The van der Waals surface area contributed by atoms with Gasteiger partial charge in [-0.05, 0) is 31.7 Å². The van der Waals surface area contributed by atoms with Gasteiger partial charge in [-0.1, -0.05) is 18.2 Å². The van der Waals surface area contributed by atoms with Crippen molar-refractivity contribution in [1.82, 2.24) is 0 Å². The summed E-state index contributed by atoms with van der Waals surface area (Å²) in [4.78, 5) is 14.6. The summed E-state index contributed by atoms with van der Waals surface area (Å²) in [5, 5.41) is 0. The third-order valence-corrected chi connectivity index (χ3v) is 5.30. The van der Waals surface area contributed by atoms with Crippen molar-refractivity contribution in [3.8, 4) is 11.5 Å². The van der Waals surface area contributed by atoms with Gasteiger partial charge in [0.2, 0.25) is 0 Å². The number of hydrogen-bond donors (Lipinski definition) is 1. The second kappa shape index (κ2) is 7.12. The number of methoxy groups -OCH3 is 2. The standard InChI is InChI=1S/C21H24N2O4/c1-25-18-11-16(22)17(12-19(18)27-13-7-3-4-8-13)23-20(24)14-9-5-6-10-15(14)21(23)26-2/h5-6,9-13,21H,3-4,7-8,22H2,1-2H3. The van der Waals surface area contributed by atoms with Gasteiger partial charge in [0.05, 0.1) is 24.6 Å². The molecule has 2 aromatic carbocycles.